The summed E-state index contributed by atoms with van der Waals surface area (Å²) < 4.78 is 28.8. The van der Waals surface area contributed by atoms with Crippen LogP contribution in [-0.2, 0) is 6.42 Å². The predicted molar refractivity (Wildman–Crippen MR) is 125 cm³/mol. The van der Waals surface area contributed by atoms with Gasteiger partial charge in [0.25, 0.3) is 0 Å². The van der Waals surface area contributed by atoms with E-state index in [1.165, 1.54) is 6.20 Å². The minimum atomic E-state index is -3.01. The number of aromatic nitrogens is 2. The van der Waals surface area contributed by atoms with E-state index in [9.17, 15) is 9.11 Å². The van der Waals surface area contributed by atoms with Crippen molar-refractivity contribution >= 4 is 45.5 Å². The molecule has 3 aromatic rings. The number of ether oxygens (including phenoxy) is 1. The van der Waals surface area contributed by atoms with E-state index in [-0.39, 0.29) is 0 Å². The van der Waals surface area contributed by atoms with E-state index in [2.05, 4.69) is 25.3 Å². The van der Waals surface area contributed by atoms with Crippen molar-refractivity contribution in [2.45, 2.75) is 25.2 Å². The highest BCUT2D eigenvalue weighted by Gasteiger charge is 2.24. The fraction of sp³-hybridized carbons (Fsp3) is 0.238. The number of methoxy groups -OCH3 is 1. The molecular formula is C21H24ClN5O3S. The molecule has 0 fully saturated rings. The molecule has 1 aliphatic heterocycles. The molecule has 0 atom stereocenters. The van der Waals surface area contributed by atoms with Crippen molar-refractivity contribution in [1.82, 2.24) is 14.7 Å². The molecule has 0 radical (unpaired) electrons. The lowest BCUT2D eigenvalue weighted by Crippen LogP contribution is -2.28. The second-order valence-electron chi connectivity index (χ2n) is 7.30. The summed E-state index contributed by atoms with van der Waals surface area (Å²) in [5.74, 6) is 1.62. The minimum absolute atomic E-state index is 0.343. The van der Waals surface area contributed by atoms with Crippen molar-refractivity contribution in [2.75, 3.05) is 24.3 Å². The van der Waals surface area contributed by atoms with Crippen LogP contribution in [0, 0.1) is 13.8 Å². The zero-order chi connectivity index (χ0) is 22.2. The van der Waals surface area contributed by atoms with Crippen LogP contribution in [0.3, 0.4) is 0 Å². The maximum absolute atomic E-state index is 10.3. The average molecular weight is 462 g/mol. The Bertz CT molecular complexity index is 1120. The van der Waals surface area contributed by atoms with Gasteiger partial charge in [-0.15, -0.1) is 10.8 Å². The highest BCUT2D eigenvalue weighted by molar-refractivity contribution is 8.22. The molecule has 1 aliphatic rings. The van der Waals surface area contributed by atoms with Crippen LogP contribution in [0.15, 0.2) is 41.4 Å². The van der Waals surface area contributed by atoms with Crippen LogP contribution >= 0.6 is 22.4 Å². The van der Waals surface area contributed by atoms with Crippen molar-refractivity contribution in [3.63, 3.8) is 0 Å². The van der Waals surface area contributed by atoms with Gasteiger partial charge in [0, 0.05) is 17.9 Å². The molecule has 2 heterocycles. The van der Waals surface area contributed by atoms with Gasteiger partial charge in [-0.1, -0.05) is 17.7 Å². The van der Waals surface area contributed by atoms with Crippen LogP contribution in [0.2, 0.25) is 5.02 Å². The molecule has 31 heavy (non-hydrogen) atoms. The van der Waals surface area contributed by atoms with Gasteiger partial charge in [0.05, 0.1) is 18.2 Å². The third kappa shape index (κ3) is 4.56. The highest BCUT2D eigenvalue weighted by Crippen LogP contribution is 2.49. The zero-order valence-electron chi connectivity index (χ0n) is 17.4. The van der Waals surface area contributed by atoms with E-state index in [0.717, 1.165) is 34.5 Å². The van der Waals surface area contributed by atoms with Crippen molar-refractivity contribution < 1.29 is 13.8 Å². The minimum Gasteiger partial charge on any atom is -0.496 e. The molecular weight excluding hydrogens is 438 g/mol. The summed E-state index contributed by atoms with van der Waals surface area (Å²) in [4.78, 5) is 9.23. The molecule has 0 bridgehead atoms. The van der Waals surface area contributed by atoms with E-state index in [0.29, 0.717) is 33.9 Å². The first kappa shape index (κ1) is 21.7. The summed E-state index contributed by atoms with van der Waals surface area (Å²) in [6.45, 7) is 4.48. The number of aryl methyl sites for hydroxylation is 2. The van der Waals surface area contributed by atoms with Gasteiger partial charge in [0.2, 0.25) is 5.95 Å². The lowest BCUT2D eigenvalue weighted by Gasteiger charge is -2.38. The summed E-state index contributed by atoms with van der Waals surface area (Å²) in [6, 6.07) is 9.36. The Morgan fingerprint density at radius 2 is 1.84 bits per heavy atom. The van der Waals surface area contributed by atoms with E-state index in [1.807, 2.05) is 38.1 Å². The van der Waals surface area contributed by atoms with Crippen LogP contribution in [0.4, 0.5) is 23.1 Å². The van der Waals surface area contributed by atoms with Crippen LogP contribution in [0.25, 0.3) is 0 Å². The van der Waals surface area contributed by atoms with Gasteiger partial charge in [0.15, 0.2) is 5.82 Å². The second kappa shape index (κ2) is 8.52. The fourth-order valence-corrected chi connectivity index (χ4v) is 5.14. The van der Waals surface area contributed by atoms with Gasteiger partial charge in [-0.05, 0) is 61.2 Å². The summed E-state index contributed by atoms with van der Waals surface area (Å²) >= 11 is 6.30. The average Bonchev–Trinajstić information content (AvgIpc) is 2.71. The standard InChI is InChI=1S/C21H24ClN5O3S/c1-12-8-16(9-13(2)19(12)30-3)26-21-23-11-17(22)20(27-21)25-15-5-4-14-6-7-24-31(28,29)18(14)10-15/h4-5,8-11,24,28-29H,6-7H2,1-3H3,(H2,23,25,26,27). The van der Waals surface area contributed by atoms with E-state index >= 15 is 0 Å². The Morgan fingerprint density at radius 3 is 2.55 bits per heavy atom. The molecule has 1 aromatic heterocycles. The number of fused-ring (bicyclic) bond motifs is 1. The number of nitrogens with one attached hydrogen (secondary N) is 3. The van der Waals surface area contributed by atoms with Gasteiger partial charge in [-0.25, -0.2) is 9.71 Å². The topological polar surface area (TPSA) is 112 Å². The summed E-state index contributed by atoms with van der Waals surface area (Å²) in [6.07, 6.45) is 2.24. The molecule has 8 nitrogen and oxygen atoms in total. The zero-order valence-corrected chi connectivity index (χ0v) is 18.9. The maximum Gasteiger partial charge on any atom is 0.229 e. The lowest BCUT2D eigenvalue weighted by molar-refractivity contribution is 0.408. The second-order valence-corrected chi connectivity index (χ2v) is 9.53. The monoisotopic (exact) mass is 461 g/mol. The third-order valence-corrected chi connectivity index (χ3v) is 6.88. The van der Waals surface area contributed by atoms with E-state index in [4.69, 9.17) is 16.3 Å². The molecule has 0 unspecified atom stereocenters. The number of hydrogen-bond acceptors (Lipinski definition) is 8. The van der Waals surface area contributed by atoms with E-state index in [1.54, 1.807) is 13.2 Å². The molecule has 2 aromatic carbocycles. The van der Waals surface area contributed by atoms with Gasteiger partial charge in [-0.3, -0.25) is 9.11 Å². The molecule has 5 N–H and O–H groups in total. The fourth-order valence-electron chi connectivity index (χ4n) is 3.63. The highest BCUT2D eigenvalue weighted by atomic mass is 35.5. The quantitative estimate of drug-likeness (QED) is 0.343. The van der Waals surface area contributed by atoms with Crippen LogP contribution < -0.4 is 20.1 Å². The number of anilines is 4. The predicted octanol–water partition coefficient (Wildman–Crippen LogP) is 5.41. The summed E-state index contributed by atoms with van der Waals surface area (Å²) in [5.41, 5.74) is 4.38. The summed E-state index contributed by atoms with van der Waals surface area (Å²) in [7, 11) is -1.36. The summed E-state index contributed by atoms with van der Waals surface area (Å²) in [5, 5.41) is 6.68. The molecule has 164 valence electrons. The maximum atomic E-state index is 10.3. The Labute approximate surface area is 187 Å². The first-order chi connectivity index (χ1) is 14.8. The Balaban J connectivity index is 1.59. The molecule has 0 saturated carbocycles. The molecule has 0 saturated heterocycles. The van der Waals surface area contributed by atoms with Gasteiger partial charge >= 0.3 is 0 Å². The molecule has 10 heteroatoms. The Hall–Kier alpha value is -2.56. The largest absolute Gasteiger partial charge is 0.496 e. The number of nitrogens with zero attached hydrogens (tertiary/aromatic N) is 2. The molecule has 0 amide bonds. The van der Waals surface area contributed by atoms with Crippen LogP contribution in [-0.4, -0.2) is 32.7 Å². The first-order valence-corrected chi connectivity index (χ1v) is 11.6. The number of benzene rings is 2. The van der Waals surface area contributed by atoms with Crippen molar-refractivity contribution in [3.8, 4) is 5.75 Å². The normalized spacial score (nSPS) is 15.7. The van der Waals surface area contributed by atoms with Crippen molar-refractivity contribution in [2.24, 2.45) is 0 Å². The van der Waals surface area contributed by atoms with Crippen LogP contribution in [0.5, 0.6) is 5.75 Å². The van der Waals surface area contributed by atoms with Crippen molar-refractivity contribution in [1.29, 1.82) is 0 Å². The molecule has 0 aliphatic carbocycles. The first-order valence-electron chi connectivity index (χ1n) is 9.64. The lowest BCUT2D eigenvalue weighted by atomic mass is 10.1. The molecule has 0 spiro atoms. The Morgan fingerprint density at radius 1 is 1.10 bits per heavy atom. The van der Waals surface area contributed by atoms with Gasteiger partial charge < -0.3 is 15.4 Å². The van der Waals surface area contributed by atoms with Crippen molar-refractivity contribution in [3.05, 3.63) is 58.2 Å². The Kier molecular flexibility index (Phi) is 5.96. The van der Waals surface area contributed by atoms with Gasteiger partial charge in [-0.2, -0.15) is 4.98 Å². The van der Waals surface area contributed by atoms with Gasteiger partial charge in [0.1, 0.15) is 10.8 Å². The smallest absolute Gasteiger partial charge is 0.229 e. The third-order valence-electron chi connectivity index (χ3n) is 5.00. The molecule has 4 rings (SSSR count). The number of hydrogen-bond donors (Lipinski definition) is 5. The van der Waals surface area contributed by atoms with Crippen LogP contribution in [0.1, 0.15) is 16.7 Å². The SMILES string of the molecule is COc1c(C)cc(Nc2ncc(Cl)c(Nc3ccc4c(c3)S(O)(O)NCC4)n2)cc1C. The number of halogens is 1. The van der Waals surface area contributed by atoms with E-state index < -0.39 is 10.8 Å². The number of rotatable bonds is 5.